The van der Waals surface area contributed by atoms with E-state index in [0.29, 0.717) is 12.2 Å². The summed E-state index contributed by atoms with van der Waals surface area (Å²) < 4.78 is 0. The molecule has 0 heterocycles. The summed E-state index contributed by atoms with van der Waals surface area (Å²) in [7, 11) is 0. The zero-order chi connectivity index (χ0) is 21.3. The molecule has 0 aliphatic heterocycles. The maximum absolute atomic E-state index is 12.5. The lowest BCUT2D eigenvalue weighted by molar-refractivity contribution is -0.903. The minimum atomic E-state index is -0.120. The second kappa shape index (κ2) is 10.4. The van der Waals surface area contributed by atoms with Gasteiger partial charge in [-0.2, -0.15) is 0 Å². The van der Waals surface area contributed by atoms with E-state index >= 15 is 0 Å². The Kier molecular flexibility index (Phi) is 7.35. The standard InChI is InChI=1S/C25H27N3O2/c1-3-28(17-20-9-11-22(12-10-20)21-7-5-4-6-8-21)18-25(30)27-24-15-13-23(14-16-24)26-19(2)29/h4-16H,3,17-18H2,1-2H3,(H,26,29)(H,27,30)/p+1. The van der Waals surface area contributed by atoms with Crippen LogP contribution in [0.25, 0.3) is 11.1 Å². The van der Waals surface area contributed by atoms with Gasteiger partial charge in [0.05, 0.1) is 6.54 Å². The first-order valence-corrected chi connectivity index (χ1v) is 10.2. The Morgan fingerprint density at radius 3 is 1.90 bits per heavy atom. The van der Waals surface area contributed by atoms with Crippen molar-refractivity contribution < 1.29 is 14.5 Å². The topological polar surface area (TPSA) is 62.6 Å². The molecule has 0 aliphatic rings. The van der Waals surface area contributed by atoms with E-state index in [1.54, 1.807) is 24.3 Å². The van der Waals surface area contributed by atoms with E-state index < -0.39 is 0 Å². The molecule has 0 radical (unpaired) electrons. The summed E-state index contributed by atoms with van der Waals surface area (Å²) >= 11 is 0. The molecule has 0 saturated carbocycles. The molecule has 1 atom stereocenters. The molecule has 3 rings (SSSR count). The fraction of sp³-hybridized carbons (Fsp3) is 0.200. The maximum Gasteiger partial charge on any atom is 0.279 e. The van der Waals surface area contributed by atoms with Gasteiger partial charge in [-0.05, 0) is 42.3 Å². The van der Waals surface area contributed by atoms with Gasteiger partial charge in [0.15, 0.2) is 6.54 Å². The van der Waals surface area contributed by atoms with Gasteiger partial charge in [0.1, 0.15) is 6.54 Å². The van der Waals surface area contributed by atoms with Crippen LogP contribution in [0, 0.1) is 0 Å². The molecule has 0 fully saturated rings. The van der Waals surface area contributed by atoms with Crippen LogP contribution in [0.4, 0.5) is 11.4 Å². The SMILES string of the molecule is CC[NH+](CC(=O)Nc1ccc(NC(C)=O)cc1)Cc1ccc(-c2ccccc2)cc1. The first-order chi connectivity index (χ1) is 14.5. The van der Waals surface area contributed by atoms with E-state index in [1.807, 2.05) is 18.2 Å². The fourth-order valence-corrected chi connectivity index (χ4v) is 3.32. The Morgan fingerprint density at radius 1 is 0.767 bits per heavy atom. The number of carbonyl (C=O) groups is 2. The Hall–Kier alpha value is -3.44. The van der Waals surface area contributed by atoms with Gasteiger partial charge in [0.25, 0.3) is 5.91 Å². The normalized spacial score (nSPS) is 11.5. The van der Waals surface area contributed by atoms with Crippen LogP contribution in [-0.4, -0.2) is 24.9 Å². The third-order valence-corrected chi connectivity index (χ3v) is 4.91. The minimum absolute atomic E-state index is 0.0277. The molecular formula is C25H28N3O2+. The van der Waals surface area contributed by atoms with Crippen molar-refractivity contribution in [2.45, 2.75) is 20.4 Å². The number of quaternary nitrogens is 1. The van der Waals surface area contributed by atoms with Crippen LogP contribution >= 0.6 is 0 Å². The molecule has 5 nitrogen and oxygen atoms in total. The van der Waals surface area contributed by atoms with Gasteiger partial charge in [-0.3, -0.25) is 9.59 Å². The van der Waals surface area contributed by atoms with Gasteiger partial charge in [0, 0.05) is 23.9 Å². The van der Waals surface area contributed by atoms with E-state index in [1.165, 1.54) is 28.5 Å². The summed E-state index contributed by atoms with van der Waals surface area (Å²) in [6.07, 6.45) is 0. The highest BCUT2D eigenvalue weighted by Crippen LogP contribution is 2.19. The number of likely N-dealkylation sites (N-methyl/N-ethyl adjacent to an activating group) is 1. The number of rotatable bonds is 8. The molecule has 0 bridgehead atoms. The van der Waals surface area contributed by atoms with Gasteiger partial charge >= 0.3 is 0 Å². The number of anilines is 2. The predicted octanol–water partition coefficient (Wildman–Crippen LogP) is 3.36. The Balaban J connectivity index is 1.54. The van der Waals surface area contributed by atoms with Crippen LogP contribution in [0.2, 0.25) is 0 Å². The zero-order valence-electron chi connectivity index (χ0n) is 17.4. The third kappa shape index (κ3) is 6.29. The minimum Gasteiger partial charge on any atom is -0.326 e. The second-order valence-corrected chi connectivity index (χ2v) is 7.33. The van der Waals surface area contributed by atoms with Gasteiger partial charge in [-0.15, -0.1) is 0 Å². The summed E-state index contributed by atoms with van der Waals surface area (Å²) in [5, 5.41) is 5.64. The highest BCUT2D eigenvalue weighted by atomic mass is 16.2. The van der Waals surface area contributed by atoms with Crippen molar-refractivity contribution in [1.82, 2.24) is 0 Å². The monoisotopic (exact) mass is 402 g/mol. The fourth-order valence-electron chi connectivity index (χ4n) is 3.32. The van der Waals surface area contributed by atoms with Crippen molar-refractivity contribution in [3.05, 3.63) is 84.4 Å². The summed E-state index contributed by atoms with van der Waals surface area (Å²) in [6, 6.07) is 26.0. The molecule has 0 saturated heterocycles. The number of benzene rings is 3. The second-order valence-electron chi connectivity index (χ2n) is 7.33. The lowest BCUT2D eigenvalue weighted by Gasteiger charge is -2.17. The first-order valence-electron chi connectivity index (χ1n) is 10.2. The Bertz CT molecular complexity index is 968. The molecule has 154 valence electrons. The highest BCUT2D eigenvalue weighted by molar-refractivity contribution is 5.92. The van der Waals surface area contributed by atoms with Crippen molar-refractivity contribution in [3.8, 4) is 11.1 Å². The van der Waals surface area contributed by atoms with E-state index in [0.717, 1.165) is 18.8 Å². The van der Waals surface area contributed by atoms with E-state index in [9.17, 15) is 9.59 Å². The van der Waals surface area contributed by atoms with Crippen molar-refractivity contribution in [2.24, 2.45) is 0 Å². The molecule has 0 aliphatic carbocycles. The molecule has 1 unspecified atom stereocenters. The molecule has 0 aromatic heterocycles. The highest BCUT2D eigenvalue weighted by Gasteiger charge is 2.14. The maximum atomic E-state index is 12.5. The number of hydrogen-bond acceptors (Lipinski definition) is 2. The lowest BCUT2D eigenvalue weighted by atomic mass is 10.0. The van der Waals surface area contributed by atoms with Gasteiger partial charge in [0.2, 0.25) is 5.91 Å². The van der Waals surface area contributed by atoms with E-state index in [2.05, 4.69) is 54.0 Å². The summed E-state index contributed by atoms with van der Waals surface area (Å²) in [6.45, 7) is 5.59. The summed E-state index contributed by atoms with van der Waals surface area (Å²) in [5.41, 5.74) is 5.03. The molecular weight excluding hydrogens is 374 g/mol. The number of amides is 2. The molecule has 3 N–H and O–H groups in total. The summed E-state index contributed by atoms with van der Waals surface area (Å²) in [4.78, 5) is 24.7. The van der Waals surface area contributed by atoms with Crippen LogP contribution in [0.1, 0.15) is 19.4 Å². The predicted molar refractivity (Wildman–Crippen MR) is 121 cm³/mol. The average Bonchev–Trinajstić information content (AvgIpc) is 2.75. The van der Waals surface area contributed by atoms with Crippen molar-refractivity contribution in [1.29, 1.82) is 0 Å². The van der Waals surface area contributed by atoms with Gasteiger partial charge in [-0.1, -0.05) is 54.6 Å². The van der Waals surface area contributed by atoms with Crippen LogP contribution in [-0.2, 0) is 16.1 Å². The van der Waals surface area contributed by atoms with Crippen molar-refractivity contribution in [2.75, 3.05) is 23.7 Å². The Labute approximate surface area is 177 Å². The number of nitrogens with one attached hydrogen (secondary N) is 3. The summed E-state index contributed by atoms with van der Waals surface area (Å²) in [5.74, 6) is -0.147. The largest absolute Gasteiger partial charge is 0.326 e. The first kappa shape index (κ1) is 21.3. The molecule has 30 heavy (non-hydrogen) atoms. The molecule has 3 aromatic rings. The smallest absolute Gasteiger partial charge is 0.279 e. The van der Waals surface area contributed by atoms with Crippen LogP contribution in [0.3, 0.4) is 0 Å². The average molecular weight is 403 g/mol. The van der Waals surface area contributed by atoms with Gasteiger partial charge < -0.3 is 15.5 Å². The number of hydrogen-bond donors (Lipinski definition) is 3. The number of carbonyl (C=O) groups excluding carboxylic acids is 2. The van der Waals surface area contributed by atoms with E-state index in [4.69, 9.17) is 0 Å². The van der Waals surface area contributed by atoms with Crippen LogP contribution in [0.15, 0.2) is 78.9 Å². The molecule has 0 spiro atoms. The molecule has 5 heteroatoms. The third-order valence-electron chi connectivity index (χ3n) is 4.91. The molecule has 3 aromatic carbocycles. The van der Waals surface area contributed by atoms with Crippen LogP contribution < -0.4 is 15.5 Å². The van der Waals surface area contributed by atoms with Gasteiger partial charge in [-0.25, -0.2) is 0 Å². The van der Waals surface area contributed by atoms with Crippen molar-refractivity contribution >= 4 is 23.2 Å². The molecule has 2 amide bonds. The lowest BCUT2D eigenvalue weighted by Crippen LogP contribution is -3.11. The Morgan fingerprint density at radius 2 is 1.33 bits per heavy atom. The van der Waals surface area contributed by atoms with Crippen LogP contribution in [0.5, 0.6) is 0 Å². The quantitative estimate of drug-likeness (QED) is 0.541. The zero-order valence-corrected chi connectivity index (χ0v) is 17.4. The van der Waals surface area contributed by atoms with E-state index in [-0.39, 0.29) is 11.8 Å². The van der Waals surface area contributed by atoms with Crippen molar-refractivity contribution in [3.63, 3.8) is 0 Å².